The van der Waals surface area contributed by atoms with Gasteiger partial charge in [0.2, 0.25) is 0 Å². The number of pyridine rings is 1. The number of hydrogen-bond acceptors (Lipinski definition) is 7. The van der Waals surface area contributed by atoms with Crippen molar-refractivity contribution in [3.8, 4) is 0 Å². The molecule has 168 valence electrons. The molecule has 1 aromatic carbocycles. The van der Waals surface area contributed by atoms with Crippen molar-refractivity contribution >= 4 is 34.8 Å². The van der Waals surface area contributed by atoms with Crippen molar-refractivity contribution in [3.63, 3.8) is 0 Å². The number of nitrogens with zero attached hydrogens (tertiary/aromatic N) is 4. The molecule has 3 heterocycles. The van der Waals surface area contributed by atoms with Gasteiger partial charge in [-0.3, -0.25) is 4.79 Å². The number of thiazole rings is 1. The summed E-state index contributed by atoms with van der Waals surface area (Å²) >= 11 is 3.39. The van der Waals surface area contributed by atoms with E-state index < -0.39 is 0 Å². The van der Waals surface area contributed by atoms with Crippen LogP contribution in [0.3, 0.4) is 0 Å². The van der Waals surface area contributed by atoms with E-state index in [-0.39, 0.29) is 5.91 Å². The van der Waals surface area contributed by atoms with E-state index in [0.717, 1.165) is 59.9 Å². The van der Waals surface area contributed by atoms with Gasteiger partial charge in [0.15, 0.2) is 0 Å². The average Bonchev–Trinajstić information content (AvgIpc) is 3.27. The van der Waals surface area contributed by atoms with Crippen molar-refractivity contribution in [3.05, 3.63) is 70.4 Å². The summed E-state index contributed by atoms with van der Waals surface area (Å²) in [6, 6.07) is 11.9. The standard InChI is InChI=1S/C24H29N5OS2/c1-3-28-10-12-29(13-11-28)22-9-6-20(14-25-22)15-26-23(30)21-7-4-19(5-8-21)17-32-24-27-18(2)16-31-24/h4-9,14,16H,3,10-13,15,17H2,1-2H3,(H,26,30). The molecule has 2 aromatic heterocycles. The molecule has 1 amide bonds. The molecule has 8 heteroatoms. The van der Waals surface area contributed by atoms with Gasteiger partial charge >= 0.3 is 0 Å². The minimum atomic E-state index is -0.0699. The molecule has 1 aliphatic heterocycles. The lowest BCUT2D eigenvalue weighted by Gasteiger charge is -2.34. The number of nitrogens with one attached hydrogen (secondary N) is 1. The molecule has 0 unspecified atom stereocenters. The van der Waals surface area contributed by atoms with Crippen LogP contribution in [-0.4, -0.2) is 53.5 Å². The highest BCUT2D eigenvalue weighted by Crippen LogP contribution is 2.26. The number of aryl methyl sites for hydroxylation is 1. The number of thioether (sulfide) groups is 1. The van der Waals surface area contributed by atoms with Crippen LogP contribution in [-0.2, 0) is 12.3 Å². The van der Waals surface area contributed by atoms with Crippen molar-refractivity contribution in [2.45, 2.75) is 30.5 Å². The summed E-state index contributed by atoms with van der Waals surface area (Å²) in [5.74, 6) is 1.79. The van der Waals surface area contributed by atoms with Crippen molar-refractivity contribution in [2.75, 3.05) is 37.6 Å². The Hall–Kier alpha value is -2.42. The molecule has 4 rings (SSSR count). The Morgan fingerprint density at radius 1 is 1.09 bits per heavy atom. The van der Waals surface area contributed by atoms with Gasteiger partial charge in [-0.25, -0.2) is 9.97 Å². The lowest BCUT2D eigenvalue weighted by molar-refractivity contribution is 0.0951. The smallest absolute Gasteiger partial charge is 0.251 e. The first-order valence-corrected chi connectivity index (χ1v) is 12.8. The number of anilines is 1. The molecule has 3 aromatic rings. The fourth-order valence-electron chi connectivity index (χ4n) is 3.58. The Morgan fingerprint density at radius 2 is 1.84 bits per heavy atom. The van der Waals surface area contributed by atoms with Crippen LogP contribution >= 0.6 is 23.1 Å². The number of carbonyl (C=O) groups excluding carboxylic acids is 1. The maximum atomic E-state index is 12.5. The molecule has 32 heavy (non-hydrogen) atoms. The van der Waals surface area contributed by atoms with Gasteiger partial charge in [0.05, 0.1) is 0 Å². The second-order valence-electron chi connectivity index (χ2n) is 7.87. The highest BCUT2D eigenvalue weighted by atomic mass is 32.2. The number of amides is 1. The molecule has 0 radical (unpaired) electrons. The lowest BCUT2D eigenvalue weighted by Crippen LogP contribution is -2.46. The molecule has 1 N–H and O–H groups in total. The molecule has 0 bridgehead atoms. The molecular formula is C24H29N5OS2. The van der Waals surface area contributed by atoms with Gasteiger partial charge < -0.3 is 15.1 Å². The molecule has 0 spiro atoms. The van der Waals surface area contributed by atoms with Crippen LogP contribution in [0.1, 0.15) is 34.1 Å². The predicted molar refractivity (Wildman–Crippen MR) is 133 cm³/mol. The molecule has 0 atom stereocenters. The van der Waals surface area contributed by atoms with Gasteiger partial charge in [-0.2, -0.15) is 0 Å². The fourth-order valence-corrected chi connectivity index (χ4v) is 5.39. The minimum Gasteiger partial charge on any atom is -0.354 e. The van der Waals surface area contributed by atoms with Crippen LogP contribution < -0.4 is 10.2 Å². The third-order valence-corrected chi connectivity index (χ3v) is 7.79. The Labute approximate surface area is 198 Å². The zero-order chi connectivity index (χ0) is 22.3. The second-order valence-corrected chi connectivity index (χ2v) is 9.95. The highest BCUT2D eigenvalue weighted by molar-refractivity contribution is 8.00. The van der Waals surface area contributed by atoms with Crippen molar-refractivity contribution in [1.82, 2.24) is 20.2 Å². The number of piperazine rings is 1. The maximum Gasteiger partial charge on any atom is 0.251 e. The van der Waals surface area contributed by atoms with E-state index in [0.29, 0.717) is 12.1 Å². The number of likely N-dealkylation sites (N-methyl/N-ethyl adjacent to an activating group) is 1. The van der Waals surface area contributed by atoms with Gasteiger partial charge in [-0.05, 0) is 42.8 Å². The van der Waals surface area contributed by atoms with Gasteiger partial charge in [0.1, 0.15) is 10.2 Å². The molecule has 1 aliphatic rings. The van der Waals surface area contributed by atoms with Crippen LogP contribution in [0.25, 0.3) is 0 Å². The fraction of sp³-hybridized carbons (Fsp3) is 0.375. The zero-order valence-electron chi connectivity index (χ0n) is 18.6. The Morgan fingerprint density at radius 3 is 2.47 bits per heavy atom. The Balaban J connectivity index is 1.24. The SMILES string of the molecule is CCN1CCN(c2ccc(CNC(=O)c3ccc(CSc4nc(C)cs4)cc3)cn2)CC1. The molecule has 1 fully saturated rings. The average molecular weight is 468 g/mol. The van der Waals surface area contributed by atoms with Crippen molar-refractivity contribution in [1.29, 1.82) is 0 Å². The maximum absolute atomic E-state index is 12.5. The monoisotopic (exact) mass is 467 g/mol. The van der Waals surface area contributed by atoms with Crippen LogP contribution in [0.2, 0.25) is 0 Å². The van der Waals surface area contributed by atoms with Gasteiger partial charge in [-0.15, -0.1) is 11.3 Å². The van der Waals surface area contributed by atoms with Gasteiger partial charge in [-0.1, -0.05) is 36.9 Å². The van der Waals surface area contributed by atoms with E-state index >= 15 is 0 Å². The molecule has 1 saturated heterocycles. The molecule has 0 saturated carbocycles. The van der Waals surface area contributed by atoms with E-state index in [1.165, 1.54) is 5.56 Å². The Kier molecular flexibility index (Phi) is 7.78. The first-order valence-electron chi connectivity index (χ1n) is 10.9. The number of rotatable bonds is 8. The Bertz CT molecular complexity index is 1010. The normalized spacial score (nSPS) is 14.5. The summed E-state index contributed by atoms with van der Waals surface area (Å²) in [7, 11) is 0. The van der Waals surface area contributed by atoms with Gasteiger partial charge in [0.25, 0.3) is 5.91 Å². The van der Waals surface area contributed by atoms with Crippen LogP contribution in [0, 0.1) is 6.92 Å². The summed E-state index contributed by atoms with van der Waals surface area (Å²) < 4.78 is 1.08. The summed E-state index contributed by atoms with van der Waals surface area (Å²) in [6.45, 7) is 9.97. The summed E-state index contributed by atoms with van der Waals surface area (Å²) in [4.78, 5) is 26.4. The lowest BCUT2D eigenvalue weighted by atomic mass is 10.1. The first-order chi connectivity index (χ1) is 15.6. The predicted octanol–water partition coefficient (Wildman–Crippen LogP) is 4.21. The number of hydrogen-bond donors (Lipinski definition) is 1. The van der Waals surface area contributed by atoms with E-state index in [1.807, 2.05) is 37.4 Å². The van der Waals surface area contributed by atoms with Gasteiger partial charge in [0, 0.05) is 61.3 Å². The third-order valence-electron chi connectivity index (χ3n) is 5.58. The zero-order valence-corrected chi connectivity index (χ0v) is 20.2. The van der Waals surface area contributed by atoms with E-state index in [1.54, 1.807) is 23.1 Å². The number of carbonyl (C=O) groups is 1. The molecular weight excluding hydrogens is 438 g/mol. The topological polar surface area (TPSA) is 61.4 Å². The van der Waals surface area contributed by atoms with Crippen LogP contribution in [0.4, 0.5) is 5.82 Å². The molecule has 0 aliphatic carbocycles. The summed E-state index contributed by atoms with van der Waals surface area (Å²) in [5, 5.41) is 5.06. The summed E-state index contributed by atoms with van der Waals surface area (Å²) in [6.07, 6.45) is 1.86. The third kappa shape index (κ3) is 6.09. The number of aromatic nitrogens is 2. The largest absolute Gasteiger partial charge is 0.354 e. The molecule has 6 nitrogen and oxygen atoms in total. The van der Waals surface area contributed by atoms with E-state index in [2.05, 4.69) is 49.5 Å². The van der Waals surface area contributed by atoms with Crippen LogP contribution in [0.15, 0.2) is 52.3 Å². The second kappa shape index (κ2) is 10.9. The minimum absolute atomic E-state index is 0.0699. The van der Waals surface area contributed by atoms with Crippen molar-refractivity contribution < 1.29 is 4.79 Å². The van der Waals surface area contributed by atoms with E-state index in [9.17, 15) is 4.79 Å². The highest BCUT2D eigenvalue weighted by Gasteiger charge is 2.16. The van der Waals surface area contributed by atoms with Crippen LogP contribution in [0.5, 0.6) is 0 Å². The van der Waals surface area contributed by atoms with E-state index in [4.69, 9.17) is 0 Å². The van der Waals surface area contributed by atoms with Crippen molar-refractivity contribution in [2.24, 2.45) is 0 Å². The quantitative estimate of drug-likeness (QED) is 0.501. The first kappa shape index (κ1) is 22.8. The number of benzene rings is 1. The summed E-state index contributed by atoms with van der Waals surface area (Å²) in [5.41, 5.74) is 3.91.